The van der Waals surface area contributed by atoms with E-state index >= 15 is 0 Å². The summed E-state index contributed by atoms with van der Waals surface area (Å²) in [5.74, 6) is -0.277. The second-order valence-electron chi connectivity index (χ2n) is 6.79. The van der Waals surface area contributed by atoms with Gasteiger partial charge in [-0.3, -0.25) is 9.69 Å². The molecule has 0 spiro atoms. The predicted molar refractivity (Wildman–Crippen MR) is 98.1 cm³/mol. The molecule has 0 unspecified atom stereocenters. The number of nitrogens with zero attached hydrogens (tertiary/aromatic N) is 3. The smallest absolute Gasteiger partial charge is 0.253 e. The van der Waals surface area contributed by atoms with E-state index in [1.165, 1.54) is 12.1 Å². The minimum atomic E-state index is -0.422. The van der Waals surface area contributed by atoms with Gasteiger partial charge in [-0.2, -0.15) is 5.26 Å². The number of carbonyl (C=O) groups is 1. The zero-order valence-electron chi connectivity index (χ0n) is 15.1. The highest BCUT2D eigenvalue weighted by atomic mass is 19.1. The van der Waals surface area contributed by atoms with Crippen LogP contribution in [0.2, 0.25) is 0 Å². The Labute approximate surface area is 153 Å². The van der Waals surface area contributed by atoms with Crippen LogP contribution in [0.15, 0.2) is 42.5 Å². The zero-order valence-corrected chi connectivity index (χ0v) is 15.1. The Bertz CT molecular complexity index is 813. The van der Waals surface area contributed by atoms with Gasteiger partial charge >= 0.3 is 0 Å². The second kappa shape index (κ2) is 7.67. The average Bonchev–Trinajstić information content (AvgIpc) is 2.63. The topological polar surface area (TPSA) is 47.3 Å². The third kappa shape index (κ3) is 3.92. The van der Waals surface area contributed by atoms with Crippen molar-refractivity contribution in [1.29, 1.82) is 5.26 Å². The van der Waals surface area contributed by atoms with Crippen LogP contribution in [-0.4, -0.2) is 41.9 Å². The summed E-state index contributed by atoms with van der Waals surface area (Å²) in [5.41, 5.74) is 3.65. The Kier molecular flexibility index (Phi) is 5.34. The number of halogens is 1. The first-order chi connectivity index (χ1) is 12.5. The maximum absolute atomic E-state index is 13.1. The number of piperazine rings is 1. The van der Waals surface area contributed by atoms with Crippen LogP contribution in [0.25, 0.3) is 0 Å². The second-order valence-corrected chi connectivity index (χ2v) is 6.79. The monoisotopic (exact) mass is 351 g/mol. The first kappa shape index (κ1) is 18.1. The lowest BCUT2D eigenvalue weighted by Gasteiger charge is -2.37. The van der Waals surface area contributed by atoms with Crippen molar-refractivity contribution < 1.29 is 9.18 Å². The van der Waals surface area contributed by atoms with Gasteiger partial charge < -0.3 is 4.90 Å². The fraction of sp³-hybridized carbons (Fsp3) is 0.333. The molecule has 0 N–H and O–H groups in total. The van der Waals surface area contributed by atoms with Gasteiger partial charge in [-0.15, -0.1) is 0 Å². The van der Waals surface area contributed by atoms with Crippen molar-refractivity contribution in [2.24, 2.45) is 0 Å². The molecular formula is C21H22FN3O. The highest BCUT2D eigenvalue weighted by molar-refractivity contribution is 5.94. The van der Waals surface area contributed by atoms with Gasteiger partial charge in [0.15, 0.2) is 0 Å². The van der Waals surface area contributed by atoms with Crippen molar-refractivity contribution in [3.63, 3.8) is 0 Å². The fourth-order valence-corrected chi connectivity index (χ4v) is 3.48. The number of rotatable bonds is 3. The molecule has 0 saturated carbocycles. The zero-order chi connectivity index (χ0) is 18.7. The number of amides is 1. The Morgan fingerprint density at radius 3 is 2.15 bits per heavy atom. The van der Waals surface area contributed by atoms with Crippen LogP contribution in [-0.2, 0) is 0 Å². The molecule has 1 saturated heterocycles. The highest BCUT2D eigenvalue weighted by Gasteiger charge is 2.27. The van der Waals surface area contributed by atoms with Crippen molar-refractivity contribution in [2.45, 2.75) is 19.9 Å². The number of hydrogen-bond acceptors (Lipinski definition) is 3. The van der Waals surface area contributed by atoms with Gasteiger partial charge in [0.1, 0.15) is 11.9 Å². The number of nitriles is 1. The van der Waals surface area contributed by atoms with Crippen molar-refractivity contribution in [1.82, 2.24) is 9.80 Å². The van der Waals surface area contributed by atoms with Gasteiger partial charge in [-0.1, -0.05) is 29.3 Å². The van der Waals surface area contributed by atoms with E-state index in [1.54, 1.807) is 12.1 Å². The van der Waals surface area contributed by atoms with Crippen molar-refractivity contribution in [3.05, 3.63) is 70.5 Å². The van der Waals surface area contributed by atoms with Crippen molar-refractivity contribution in [2.75, 3.05) is 26.2 Å². The van der Waals surface area contributed by atoms with Crippen LogP contribution in [0.4, 0.5) is 4.39 Å². The Morgan fingerprint density at radius 1 is 1.04 bits per heavy atom. The third-order valence-corrected chi connectivity index (χ3v) is 4.74. The van der Waals surface area contributed by atoms with Crippen LogP contribution in [0, 0.1) is 31.0 Å². The summed E-state index contributed by atoms with van der Waals surface area (Å²) >= 11 is 0. The summed E-state index contributed by atoms with van der Waals surface area (Å²) in [6, 6.07) is 13.8. The number of hydrogen-bond donors (Lipinski definition) is 0. The van der Waals surface area contributed by atoms with Gasteiger partial charge in [0.25, 0.3) is 5.91 Å². The normalized spacial score (nSPS) is 16.2. The molecule has 1 aliphatic heterocycles. The molecule has 1 atom stereocenters. The predicted octanol–water partition coefficient (Wildman–Crippen LogP) is 3.47. The summed E-state index contributed by atoms with van der Waals surface area (Å²) in [7, 11) is 0. The van der Waals surface area contributed by atoms with Crippen molar-refractivity contribution in [3.8, 4) is 6.07 Å². The Morgan fingerprint density at radius 2 is 1.62 bits per heavy atom. The van der Waals surface area contributed by atoms with E-state index < -0.39 is 6.04 Å². The van der Waals surface area contributed by atoms with Gasteiger partial charge in [0.05, 0.1) is 6.07 Å². The molecule has 1 aliphatic rings. The molecule has 2 aromatic carbocycles. The molecule has 1 amide bonds. The highest BCUT2D eigenvalue weighted by Crippen LogP contribution is 2.22. The van der Waals surface area contributed by atoms with E-state index in [0.29, 0.717) is 31.7 Å². The van der Waals surface area contributed by atoms with Gasteiger partial charge in [-0.05, 0) is 43.7 Å². The van der Waals surface area contributed by atoms with Crippen LogP contribution < -0.4 is 0 Å². The van der Waals surface area contributed by atoms with E-state index in [-0.39, 0.29) is 11.7 Å². The summed E-state index contributed by atoms with van der Waals surface area (Å²) in [5, 5.41) is 9.55. The number of carbonyl (C=O) groups excluding carboxylic acids is 1. The molecule has 5 heteroatoms. The van der Waals surface area contributed by atoms with Gasteiger partial charge in [0, 0.05) is 31.7 Å². The van der Waals surface area contributed by atoms with Crippen LogP contribution >= 0.6 is 0 Å². The minimum Gasteiger partial charge on any atom is -0.336 e. The summed E-state index contributed by atoms with van der Waals surface area (Å²) < 4.78 is 13.1. The van der Waals surface area contributed by atoms with Crippen LogP contribution in [0.1, 0.15) is 33.1 Å². The molecule has 26 heavy (non-hydrogen) atoms. The molecule has 0 bridgehead atoms. The standard InChI is InChI=1S/C21H22FN3O/c1-15-11-16(2)13-18(12-15)21(26)25-9-7-24(8-10-25)20(14-23)17-3-5-19(22)6-4-17/h3-6,11-13,20H,7-10H2,1-2H3/t20-/m0/s1. The largest absolute Gasteiger partial charge is 0.336 e. The average molecular weight is 351 g/mol. The van der Waals surface area contributed by atoms with E-state index in [1.807, 2.05) is 35.8 Å². The molecule has 0 aromatic heterocycles. The summed E-state index contributed by atoms with van der Waals surface area (Å²) in [6.07, 6.45) is 0. The number of benzene rings is 2. The SMILES string of the molecule is Cc1cc(C)cc(C(=O)N2CCN([C@@H](C#N)c3ccc(F)cc3)CC2)c1. The van der Waals surface area contributed by atoms with Crippen molar-refractivity contribution >= 4 is 5.91 Å². The molecule has 0 aliphatic carbocycles. The molecule has 4 nitrogen and oxygen atoms in total. The lowest BCUT2D eigenvalue weighted by Crippen LogP contribution is -2.49. The van der Waals surface area contributed by atoms with Crippen LogP contribution in [0.3, 0.4) is 0 Å². The van der Waals surface area contributed by atoms with E-state index in [4.69, 9.17) is 0 Å². The van der Waals surface area contributed by atoms with Gasteiger partial charge in [-0.25, -0.2) is 4.39 Å². The maximum Gasteiger partial charge on any atom is 0.253 e. The molecule has 1 heterocycles. The molecule has 1 fully saturated rings. The van der Waals surface area contributed by atoms with Gasteiger partial charge in [0.2, 0.25) is 0 Å². The van der Waals surface area contributed by atoms with E-state index in [2.05, 4.69) is 12.1 Å². The lowest BCUT2D eigenvalue weighted by molar-refractivity contribution is 0.0606. The summed E-state index contributed by atoms with van der Waals surface area (Å²) in [6.45, 7) is 6.36. The first-order valence-corrected chi connectivity index (χ1v) is 8.74. The minimum absolute atomic E-state index is 0.0340. The molecule has 3 rings (SSSR count). The third-order valence-electron chi connectivity index (χ3n) is 4.74. The maximum atomic E-state index is 13.1. The summed E-state index contributed by atoms with van der Waals surface area (Å²) in [4.78, 5) is 16.6. The Balaban J connectivity index is 1.67. The Hall–Kier alpha value is -2.71. The fourth-order valence-electron chi connectivity index (χ4n) is 3.48. The number of aryl methyl sites for hydroxylation is 2. The molecular weight excluding hydrogens is 329 g/mol. The van der Waals surface area contributed by atoms with E-state index in [9.17, 15) is 14.4 Å². The lowest BCUT2D eigenvalue weighted by atomic mass is 10.0. The quantitative estimate of drug-likeness (QED) is 0.851. The molecule has 134 valence electrons. The molecule has 0 radical (unpaired) electrons. The molecule has 2 aromatic rings. The van der Waals surface area contributed by atoms with E-state index in [0.717, 1.165) is 16.7 Å². The first-order valence-electron chi connectivity index (χ1n) is 8.74. The van der Waals surface area contributed by atoms with Crippen LogP contribution in [0.5, 0.6) is 0 Å².